The molecule has 1 aliphatic heterocycles. The molecule has 2 amide bonds. The summed E-state index contributed by atoms with van der Waals surface area (Å²) in [7, 11) is 0. The van der Waals surface area contributed by atoms with Crippen molar-refractivity contribution in [2.45, 2.75) is 19.0 Å². The third-order valence-electron chi connectivity index (χ3n) is 3.14. The van der Waals surface area contributed by atoms with Gasteiger partial charge in [-0.2, -0.15) is 5.06 Å². The van der Waals surface area contributed by atoms with Gasteiger partial charge in [-0.25, -0.2) is 0 Å². The Hall–Kier alpha value is -0.920. The molecule has 1 saturated carbocycles. The van der Waals surface area contributed by atoms with E-state index in [1.54, 1.807) is 0 Å². The number of halogens is 1. The van der Waals surface area contributed by atoms with Crippen LogP contribution in [0.1, 0.15) is 23.9 Å². The summed E-state index contributed by atoms with van der Waals surface area (Å²) in [6.45, 7) is -0.0357. The second kappa shape index (κ2) is 4.32. The molecule has 0 aromatic carbocycles. The van der Waals surface area contributed by atoms with Crippen LogP contribution in [-0.4, -0.2) is 33.5 Å². The first-order chi connectivity index (χ1) is 8.58. The second-order valence-corrected chi connectivity index (χ2v) is 6.38. The van der Waals surface area contributed by atoms with Crippen LogP contribution in [0.15, 0.2) is 15.9 Å². The zero-order chi connectivity index (χ0) is 12.9. The fourth-order valence-corrected chi connectivity index (χ4v) is 3.61. The van der Waals surface area contributed by atoms with Crippen LogP contribution in [0.2, 0.25) is 0 Å². The quantitative estimate of drug-likeness (QED) is 0.843. The normalized spacial score (nSPS) is 23.9. The number of amides is 2. The molecule has 1 aromatic heterocycles. The highest BCUT2D eigenvalue weighted by Crippen LogP contribution is 2.39. The van der Waals surface area contributed by atoms with Crippen molar-refractivity contribution >= 4 is 39.1 Å². The van der Waals surface area contributed by atoms with E-state index in [0.29, 0.717) is 5.06 Å². The Morgan fingerprint density at radius 2 is 2.22 bits per heavy atom. The maximum absolute atomic E-state index is 12.1. The van der Waals surface area contributed by atoms with Crippen molar-refractivity contribution in [2.75, 3.05) is 6.54 Å². The summed E-state index contributed by atoms with van der Waals surface area (Å²) >= 11 is 4.75. The molecule has 1 aliphatic carbocycles. The Labute approximate surface area is 116 Å². The van der Waals surface area contributed by atoms with Crippen molar-refractivity contribution in [3.63, 3.8) is 0 Å². The molecule has 1 atom stereocenters. The van der Waals surface area contributed by atoms with Crippen LogP contribution in [0.3, 0.4) is 0 Å². The zero-order valence-corrected chi connectivity index (χ0v) is 11.8. The van der Waals surface area contributed by atoms with E-state index in [2.05, 4.69) is 15.9 Å². The third-order valence-corrected chi connectivity index (χ3v) is 4.87. The van der Waals surface area contributed by atoms with Gasteiger partial charge in [0.25, 0.3) is 5.91 Å². The fourth-order valence-electron chi connectivity index (χ4n) is 2.07. The van der Waals surface area contributed by atoms with Crippen molar-refractivity contribution in [2.24, 2.45) is 5.92 Å². The molecule has 3 rings (SSSR count). The molecule has 1 unspecified atom stereocenters. The van der Waals surface area contributed by atoms with Crippen molar-refractivity contribution in [3.05, 3.63) is 20.8 Å². The fraction of sp³-hybridized carbons (Fsp3) is 0.455. The maximum atomic E-state index is 12.1. The monoisotopic (exact) mass is 330 g/mol. The SMILES string of the molecule is O=C1CN(C(=O)C2CC2)C(c2cc(Br)cs2)N1O. The number of hydrogen-bond donors (Lipinski definition) is 1. The molecular weight excluding hydrogens is 320 g/mol. The Kier molecular flexibility index (Phi) is 2.91. The van der Waals surface area contributed by atoms with Gasteiger partial charge in [0.05, 0.1) is 4.88 Å². The number of carbonyl (C=O) groups excluding carboxylic acids is 2. The largest absolute Gasteiger partial charge is 0.306 e. The summed E-state index contributed by atoms with van der Waals surface area (Å²) in [5, 5.41) is 12.4. The van der Waals surface area contributed by atoms with Crippen LogP contribution >= 0.6 is 27.3 Å². The van der Waals surface area contributed by atoms with Crippen molar-refractivity contribution in [1.29, 1.82) is 0 Å². The molecule has 0 bridgehead atoms. The molecule has 7 heteroatoms. The average Bonchev–Trinajstić information content (AvgIpc) is 3.04. The molecular formula is C11H11BrN2O3S. The van der Waals surface area contributed by atoms with Crippen LogP contribution in [-0.2, 0) is 9.59 Å². The Bertz CT molecular complexity index is 514. The standard InChI is InChI=1S/C11H11BrN2O3S/c12-7-3-8(18-5-7)10-13(4-9(15)14(10)17)11(16)6-1-2-6/h3,5-6,10,17H,1-2,4H2. The Balaban J connectivity index is 1.92. The number of hydroxylamine groups is 2. The first-order valence-corrected chi connectivity index (χ1v) is 7.30. The highest BCUT2D eigenvalue weighted by atomic mass is 79.9. The lowest BCUT2D eigenvalue weighted by Crippen LogP contribution is -2.34. The van der Waals surface area contributed by atoms with E-state index in [0.717, 1.165) is 22.2 Å². The summed E-state index contributed by atoms with van der Waals surface area (Å²) < 4.78 is 0.883. The van der Waals surface area contributed by atoms with E-state index in [1.807, 2.05) is 11.4 Å². The molecule has 1 N–H and O–H groups in total. The predicted molar refractivity (Wildman–Crippen MR) is 67.8 cm³/mol. The van der Waals surface area contributed by atoms with Gasteiger partial charge in [-0.1, -0.05) is 0 Å². The van der Waals surface area contributed by atoms with E-state index in [9.17, 15) is 14.8 Å². The van der Waals surface area contributed by atoms with Gasteiger partial charge >= 0.3 is 0 Å². The van der Waals surface area contributed by atoms with Crippen LogP contribution in [0.5, 0.6) is 0 Å². The molecule has 1 saturated heterocycles. The number of thiophene rings is 1. The van der Waals surface area contributed by atoms with E-state index < -0.39 is 12.1 Å². The minimum absolute atomic E-state index is 0.0329. The van der Waals surface area contributed by atoms with Gasteiger partial charge < -0.3 is 4.90 Å². The number of carbonyl (C=O) groups is 2. The lowest BCUT2D eigenvalue weighted by molar-refractivity contribution is -0.171. The molecule has 0 radical (unpaired) electrons. The van der Waals surface area contributed by atoms with Crippen LogP contribution < -0.4 is 0 Å². The minimum Gasteiger partial charge on any atom is -0.306 e. The topological polar surface area (TPSA) is 60.9 Å². The van der Waals surface area contributed by atoms with Gasteiger partial charge in [0, 0.05) is 15.8 Å². The first-order valence-electron chi connectivity index (χ1n) is 5.63. The van der Waals surface area contributed by atoms with Crippen molar-refractivity contribution in [1.82, 2.24) is 9.96 Å². The van der Waals surface area contributed by atoms with Crippen LogP contribution in [0, 0.1) is 5.92 Å². The Morgan fingerprint density at radius 1 is 1.50 bits per heavy atom. The second-order valence-electron chi connectivity index (χ2n) is 4.52. The van der Waals surface area contributed by atoms with Gasteiger partial charge in [0.2, 0.25) is 5.91 Å². The average molecular weight is 331 g/mol. The molecule has 0 spiro atoms. The summed E-state index contributed by atoms with van der Waals surface area (Å²) in [5.41, 5.74) is 0. The lowest BCUT2D eigenvalue weighted by Gasteiger charge is -2.25. The summed E-state index contributed by atoms with van der Waals surface area (Å²) in [6, 6.07) is 1.82. The predicted octanol–water partition coefficient (Wildman–Crippen LogP) is 1.98. The smallest absolute Gasteiger partial charge is 0.267 e. The van der Waals surface area contributed by atoms with Crippen molar-refractivity contribution in [3.8, 4) is 0 Å². The van der Waals surface area contributed by atoms with Gasteiger partial charge in [-0.15, -0.1) is 11.3 Å². The van der Waals surface area contributed by atoms with Gasteiger partial charge in [0.15, 0.2) is 6.17 Å². The first kappa shape index (κ1) is 12.1. The summed E-state index contributed by atoms with van der Waals surface area (Å²) in [4.78, 5) is 26.0. The van der Waals surface area contributed by atoms with E-state index >= 15 is 0 Å². The van der Waals surface area contributed by atoms with E-state index in [-0.39, 0.29) is 18.4 Å². The van der Waals surface area contributed by atoms with E-state index in [4.69, 9.17) is 0 Å². The molecule has 18 heavy (non-hydrogen) atoms. The highest BCUT2D eigenvalue weighted by Gasteiger charge is 2.46. The summed E-state index contributed by atoms with van der Waals surface area (Å²) in [5.74, 6) is -0.428. The Morgan fingerprint density at radius 3 is 2.78 bits per heavy atom. The number of nitrogens with zero attached hydrogens (tertiary/aromatic N) is 2. The van der Waals surface area contributed by atoms with Gasteiger partial charge in [-0.05, 0) is 34.8 Å². The lowest BCUT2D eigenvalue weighted by atomic mass is 10.3. The molecule has 96 valence electrons. The minimum atomic E-state index is -0.665. The molecule has 2 heterocycles. The van der Waals surface area contributed by atoms with Crippen molar-refractivity contribution < 1.29 is 14.8 Å². The maximum Gasteiger partial charge on any atom is 0.267 e. The van der Waals surface area contributed by atoms with Gasteiger partial charge in [0.1, 0.15) is 6.54 Å². The zero-order valence-electron chi connectivity index (χ0n) is 9.38. The molecule has 5 nitrogen and oxygen atoms in total. The highest BCUT2D eigenvalue weighted by molar-refractivity contribution is 9.10. The number of rotatable bonds is 2. The molecule has 2 fully saturated rings. The number of hydrogen-bond acceptors (Lipinski definition) is 4. The summed E-state index contributed by atoms with van der Waals surface area (Å²) in [6.07, 6.45) is 1.10. The molecule has 2 aliphatic rings. The van der Waals surface area contributed by atoms with Gasteiger partial charge in [-0.3, -0.25) is 14.8 Å². The van der Waals surface area contributed by atoms with E-state index in [1.165, 1.54) is 16.2 Å². The van der Waals surface area contributed by atoms with Crippen LogP contribution in [0.25, 0.3) is 0 Å². The van der Waals surface area contributed by atoms with Crippen LogP contribution in [0.4, 0.5) is 0 Å². The third kappa shape index (κ3) is 1.96. The molecule has 1 aromatic rings.